The zero-order valence-corrected chi connectivity index (χ0v) is 10.7. The molecule has 0 amide bonds. The van der Waals surface area contributed by atoms with Crippen LogP contribution in [-0.4, -0.2) is 31.9 Å². The van der Waals surface area contributed by atoms with Gasteiger partial charge in [0.25, 0.3) is 0 Å². The van der Waals surface area contributed by atoms with Gasteiger partial charge in [0.05, 0.1) is 4.90 Å². The highest BCUT2D eigenvalue weighted by molar-refractivity contribution is 7.92. The molecule has 1 unspecified atom stereocenters. The number of hydrogen-bond acceptors (Lipinski definition) is 4. The standard InChI is InChI=1S/C11H15NO4S/c1-7-4-5-8(2)9(6-7)17(15,16)10(12-3)11(13)14/h4-6,10,12H,1-3H3,(H,13,14). The average Bonchev–Trinajstić information content (AvgIpc) is 2.21. The van der Waals surface area contributed by atoms with E-state index in [9.17, 15) is 13.2 Å². The Bertz CT molecular complexity index is 536. The summed E-state index contributed by atoms with van der Waals surface area (Å²) in [7, 11) is -2.61. The minimum absolute atomic E-state index is 0.0549. The maximum atomic E-state index is 12.1. The van der Waals surface area contributed by atoms with Gasteiger partial charge in [0.1, 0.15) is 0 Å². The largest absolute Gasteiger partial charge is 0.479 e. The Kier molecular flexibility index (Phi) is 3.90. The zero-order valence-electron chi connectivity index (χ0n) is 9.89. The van der Waals surface area contributed by atoms with Gasteiger partial charge in [-0.1, -0.05) is 12.1 Å². The number of carbonyl (C=O) groups is 1. The van der Waals surface area contributed by atoms with Gasteiger partial charge < -0.3 is 5.11 Å². The van der Waals surface area contributed by atoms with Crippen molar-refractivity contribution in [2.45, 2.75) is 24.1 Å². The van der Waals surface area contributed by atoms with E-state index in [1.165, 1.54) is 13.1 Å². The third-order valence-electron chi connectivity index (χ3n) is 2.45. The topological polar surface area (TPSA) is 83.5 Å². The maximum absolute atomic E-state index is 12.1. The lowest BCUT2D eigenvalue weighted by molar-refractivity contribution is -0.137. The van der Waals surface area contributed by atoms with Crippen LogP contribution in [0.1, 0.15) is 11.1 Å². The minimum Gasteiger partial charge on any atom is -0.479 e. The molecule has 0 aromatic heterocycles. The molecule has 0 spiro atoms. The molecule has 1 aromatic carbocycles. The Hall–Kier alpha value is -1.40. The lowest BCUT2D eigenvalue weighted by atomic mass is 10.2. The van der Waals surface area contributed by atoms with Gasteiger partial charge in [0.15, 0.2) is 0 Å². The predicted molar refractivity (Wildman–Crippen MR) is 63.6 cm³/mol. The summed E-state index contributed by atoms with van der Waals surface area (Å²) < 4.78 is 24.3. The van der Waals surface area contributed by atoms with Crippen LogP contribution in [0, 0.1) is 13.8 Å². The highest BCUT2D eigenvalue weighted by Gasteiger charge is 2.33. The highest BCUT2D eigenvalue weighted by atomic mass is 32.2. The van der Waals surface area contributed by atoms with Crippen LogP contribution < -0.4 is 5.32 Å². The first-order valence-electron chi connectivity index (χ1n) is 5.02. The number of aryl methyl sites for hydroxylation is 2. The Labute approximate surface area is 100 Å². The molecule has 6 heteroatoms. The molecule has 5 nitrogen and oxygen atoms in total. The first-order chi connectivity index (χ1) is 7.80. The van der Waals surface area contributed by atoms with Crippen molar-refractivity contribution >= 4 is 15.8 Å². The third-order valence-corrected chi connectivity index (χ3v) is 4.56. The molecule has 0 radical (unpaired) electrons. The monoisotopic (exact) mass is 257 g/mol. The summed E-state index contributed by atoms with van der Waals surface area (Å²) in [6, 6.07) is 4.93. The van der Waals surface area contributed by atoms with Crippen LogP contribution in [-0.2, 0) is 14.6 Å². The summed E-state index contributed by atoms with van der Waals surface area (Å²) in [6.45, 7) is 3.40. The summed E-state index contributed by atoms with van der Waals surface area (Å²) in [6.07, 6.45) is 0. The van der Waals surface area contributed by atoms with Crippen LogP contribution in [0.15, 0.2) is 23.1 Å². The normalized spacial score (nSPS) is 13.4. The van der Waals surface area contributed by atoms with E-state index in [2.05, 4.69) is 5.32 Å². The number of nitrogens with one attached hydrogen (secondary N) is 1. The third kappa shape index (κ3) is 2.65. The van der Waals surface area contributed by atoms with Crippen molar-refractivity contribution in [1.82, 2.24) is 5.32 Å². The molecule has 0 aliphatic rings. The summed E-state index contributed by atoms with van der Waals surface area (Å²) in [5, 5.41) is 9.57. The number of hydrogen-bond donors (Lipinski definition) is 2. The van der Waals surface area contributed by atoms with E-state index in [0.29, 0.717) is 5.56 Å². The molecule has 0 heterocycles. The Morgan fingerprint density at radius 1 is 1.35 bits per heavy atom. The number of carboxylic acids is 1. The van der Waals surface area contributed by atoms with Crippen LogP contribution in [0.5, 0.6) is 0 Å². The van der Waals surface area contributed by atoms with E-state index >= 15 is 0 Å². The van der Waals surface area contributed by atoms with Crippen LogP contribution in [0.3, 0.4) is 0 Å². The number of rotatable bonds is 4. The van der Waals surface area contributed by atoms with E-state index in [0.717, 1.165) is 5.56 Å². The van der Waals surface area contributed by atoms with Gasteiger partial charge in [-0.3, -0.25) is 5.32 Å². The SMILES string of the molecule is CNC(C(=O)O)S(=O)(=O)c1cc(C)ccc1C. The minimum atomic E-state index is -3.91. The lowest BCUT2D eigenvalue weighted by Gasteiger charge is -2.14. The molecule has 0 aliphatic heterocycles. The van der Waals surface area contributed by atoms with Gasteiger partial charge in [-0.15, -0.1) is 0 Å². The molecule has 1 aromatic rings. The highest BCUT2D eigenvalue weighted by Crippen LogP contribution is 2.20. The summed E-state index contributed by atoms with van der Waals surface area (Å²) in [4.78, 5) is 11.0. The fourth-order valence-electron chi connectivity index (χ4n) is 1.55. The lowest BCUT2D eigenvalue weighted by Crippen LogP contribution is -2.41. The average molecular weight is 257 g/mol. The van der Waals surface area contributed by atoms with Crippen LogP contribution in [0.25, 0.3) is 0 Å². The smallest absolute Gasteiger partial charge is 0.336 e. The van der Waals surface area contributed by atoms with E-state index < -0.39 is 21.2 Å². The number of aliphatic carboxylic acids is 1. The van der Waals surface area contributed by atoms with E-state index in [1.54, 1.807) is 26.0 Å². The summed E-state index contributed by atoms with van der Waals surface area (Å²) in [5.41, 5.74) is 1.31. The quantitative estimate of drug-likeness (QED) is 0.830. The molecule has 1 rings (SSSR count). The number of sulfone groups is 1. The maximum Gasteiger partial charge on any atom is 0.336 e. The molecule has 94 valence electrons. The molecule has 0 fully saturated rings. The summed E-state index contributed by atoms with van der Waals surface area (Å²) in [5.74, 6) is -1.41. The Balaban J connectivity index is 3.40. The van der Waals surface area contributed by atoms with Crippen molar-refractivity contribution in [2.24, 2.45) is 0 Å². The molecule has 17 heavy (non-hydrogen) atoms. The van der Waals surface area contributed by atoms with Gasteiger partial charge in [-0.25, -0.2) is 13.2 Å². The first-order valence-corrected chi connectivity index (χ1v) is 6.56. The number of carboxylic acid groups (broad SMARTS) is 1. The van der Waals surface area contributed by atoms with Gasteiger partial charge in [-0.2, -0.15) is 0 Å². The van der Waals surface area contributed by atoms with Crippen molar-refractivity contribution < 1.29 is 18.3 Å². The molecule has 0 bridgehead atoms. The molecule has 1 atom stereocenters. The van der Waals surface area contributed by atoms with E-state index in [1.807, 2.05) is 0 Å². The second-order valence-electron chi connectivity index (χ2n) is 3.82. The molecule has 0 saturated carbocycles. The van der Waals surface area contributed by atoms with Gasteiger partial charge in [0, 0.05) is 0 Å². The second kappa shape index (κ2) is 4.85. The predicted octanol–water partition coefficient (Wildman–Crippen LogP) is 0.707. The van der Waals surface area contributed by atoms with Crippen molar-refractivity contribution in [1.29, 1.82) is 0 Å². The van der Waals surface area contributed by atoms with Crippen LogP contribution in [0.2, 0.25) is 0 Å². The zero-order chi connectivity index (χ0) is 13.2. The Morgan fingerprint density at radius 2 is 1.94 bits per heavy atom. The molecule has 0 aliphatic carbocycles. The Morgan fingerprint density at radius 3 is 2.41 bits per heavy atom. The molecule has 0 saturated heterocycles. The fourth-order valence-corrected chi connectivity index (χ4v) is 3.25. The van der Waals surface area contributed by atoms with E-state index in [-0.39, 0.29) is 4.90 Å². The van der Waals surface area contributed by atoms with Gasteiger partial charge in [0.2, 0.25) is 15.2 Å². The first kappa shape index (κ1) is 13.7. The van der Waals surface area contributed by atoms with Crippen LogP contribution >= 0.6 is 0 Å². The van der Waals surface area contributed by atoms with Crippen molar-refractivity contribution in [3.8, 4) is 0 Å². The fraction of sp³-hybridized carbons (Fsp3) is 0.364. The molecular weight excluding hydrogens is 242 g/mol. The van der Waals surface area contributed by atoms with E-state index in [4.69, 9.17) is 5.11 Å². The van der Waals surface area contributed by atoms with Gasteiger partial charge >= 0.3 is 5.97 Å². The number of likely N-dealkylation sites (N-methyl/N-ethyl adjacent to an activating group) is 1. The van der Waals surface area contributed by atoms with Crippen molar-refractivity contribution in [3.63, 3.8) is 0 Å². The van der Waals surface area contributed by atoms with Crippen molar-refractivity contribution in [2.75, 3.05) is 7.05 Å². The van der Waals surface area contributed by atoms with Crippen LogP contribution in [0.4, 0.5) is 0 Å². The van der Waals surface area contributed by atoms with Crippen molar-refractivity contribution in [3.05, 3.63) is 29.3 Å². The second-order valence-corrected chi connectivity index (χ2v) is 5.82. The number of benzene rings is 1. The van der Waals surface area contributed by atoms with Gasteiger partial charge in [-0.05, 0) is 38.1 Å². The molecule has 2 N–H and O–H groups in total. The molecular formula is C11H15NO4S. The summed E-state index contributed by atoms with van der Waals surface area (Å²) >= 11 is 0.